The van der Waals surface area contributed by atoms with Gasteiger partial charge in [0.05, 0.1) is 0 Å². The first kappa shape index (κ1) is 19.2. The van der Waals surface area contributed by atoms with Crippen molar-refractivity contribution in [3.63, 3.8) is 0 Å². The summed E-state index contributed by atoms with van der Waals surface area (Å²) in [6.45, 7) is 10.0. The van der Waals surface area contributed by atoms with Crippen LogP contribution >= 0.6 is 0 Å². The molecule has 0 unspecified atom stereocenters. The fraction of sp³-hybridized carbons (Fsp3) is 0.267. The molecular weight excluding hydrogens is 225 g/mol. The Labute approximate surface area is 123 Å². The molecule has 0 nitrogen and oxygen atoms in total. The van der Waals surface area contributed by atoms with E-state index in [1.807, 2.05) is 64.2 Å². The molecule has 2 fully saturated rings. The van der Waals surface area contributed by atoms with Gasteiger partial charge in [-0.1, -0.05) is 20.8 Å². The summed E-state index contributed by atoms with van der Waals surface area (Å²) in [6.07, 6.45) is 20.0. The average molecular weight is 246 g/mol. The molecule has 16 heavy (non-hydrogen) atoms. The maximum Gasteiger partial charge on any atom is 0 e. The Morgan fingerprint density at radius 3 is 0.688 bits per heavy atom. The Bertz CT molecular complexity index is 84.7. The van der Waals surface area contributed by atoms with E-state index in [1.165, 1.54) is 0 Å². The van der Waals surface area contributed by atoms with Crippen molar-refractivity contribution in [2.24, 2.45) is 5.41 Å². The minimum atomic E-state index is 0. The molecule has 0 saturated heterocycles. The Kier molecular flexibility index (Phi) is 14.8. The van der Waals surface area contributed by atoms with Crippen molar-refractivity contribution in [3.05, 3.63) is 71.1 Å². The van der Waals surface area contributed by atoms with Crippen LogP contribution in [0, 0.1) is 76.5 Å². The first-order valence-electron chi connectivity index (χ1n) is 5.19. The van der Waals surface area contributed by atoms with E-state index in [1.54, 1.807) is 0 Å². The summed E-state index contributed by atoms with van der Waals surface area (Å²) in [6, 6.07) is 0. The van der Waals surface area contributed by atoms with Crippen LogP contribution < -0.4 is 0 Å². The molecule has 11 radical (unpaired) electrons. The molecule has 0 bridgehead atoms. The summed E-state index contributed by atoms with van der Waals surface area (Å²) in [5.41, 5.74) is 0.250. The van der Waals surface area contributed by atoms with E-state index < -0.39 is 0 Å². The molecular formula is C15H21Sc-. The standard InChI is InChI=1S/2C5H5.C5H11.Sc/c2*1-2-4-5-3-1;1-5(2,3)4;/h2*1-5H;1H2,2-4H3;/q;;-1;. The molecule has 2 rings (SSSR count). The Hall–Kier alpha value is 0.870. The van der Waals surface area contributed by atoms with Gasteiger partial charge in [-0.3, -0.25) is 0 Å². The molecule has 0 N–H and O–H groups in total. The fourth-order valence-corrected chi connectivity index (χ4v) is 0.642. The third kappa shape index (κ3) is 24.2. The van der Waals surface area contributed by atoms with E-state index in [4.69, 9.17) is 0 Å². The van der Waals surface area contributed by atoms with Crippen LogP contribution in [0.25, 0.3) is 0 Å². The van der Waals surface area contributed by atoms with E-state index in [9.17, 15) is 0 Å². The van der Waals surface area contributed by atoms with Gasteiger partial charge in [0.25, 0.3) is 0 Å². The summed E-state index contributed by atoms with van der Waals surface area (Å²) in [5.74, 6) is 0. The first-order chi connectivity index (χ1) is 7.00. The van der Waals surface area contributed by atoms with Crippen molar-refractivity contribution in [1.29, 1.82) is 0 Å². The van der Waals surface area contributed by atoms with Crippen molar-refractivity contribution < 1.29 is 25.8 Å². The van der Waals surface area contributed by atoms with Gasteiger partial charge in [0.2, 0.25) is 0 Å². The molecule has 0 aliphatic heterocycles. The number of rotatable bonds is 0. The maximum atomic E-state index is 3.77. The van der Waals surface area contributed by atoms with Crippen molar-refractivity contribution >= 4 is 0 Å². The predicted octanol–water partition coefficient (Wildman–Crippen LogP) is 3.91. The van der Waals surface area contributed by atoms with E-state index in [2.05, 4.69) is 27.7 Å². The molecule has 0 atom stereocenters. The largest absolute Gasteiger partial charge is 0.338 e. The van der Waals surface area contributed by atoms with Crippen LogP contribution in [-0.2, 0) is 25.8 Å². The summed E-state index contributed by atoms with van der Waals surface area (Å²) in [7, 11) is 0. The summed E-state index contributed by atoms with van der Waals surface area (Å²) in [5, 5.41) is 0. The monoisotopic (exact) mass is 246 g/mol. The zero-order chi connectivity index (χ0) is 11.6. The smallest absolute Gasteiger partial charge is 0 e. The molecule has 0 spiro atoms. The van der Waals surface area contributed by atoms with Crippen molar-refractivity contribution in [2.45, 2.75) is 20.8 Å². The van der Waals surface area contributed by atoms with Gasteiger partial charge in [-0.15, -0.1) is 0 Å². The number of hydrogen-bond donors (Lipinski definition) is 0. The summed E-state index contributed by atoms with van der Waals surface area (Å²) in [4.78, 5) is 0. The average Bonchev–Trinajstić information content (AvgIpc) is 2.81. The molecule has 2 saturated carbocycles. The second-order valence-corrected chi connectivity index (χ2v) is 4.49. The van der Waals surface area contributed by atoms with Crippen LogP contribution in [0.3, 0.4) is 0 Å². The van der Waals surface area contributed by atoms with E-state index in [0.29, 0.717) is 0 Å². The van der Waals surface area contributed by atoms with E-state index >= 15 is 0 Å². The quantitative estimate of drug-likeness (QED) is 0.568. The molecule has 0 aromatic carbocycles. The van der Waals surface area contributed by atoms with Crippen LogP contribution in [0.2, 0.25) is 0 Å². The Morgan fingerprint density at radius 2 is 0.625 bits per heavy atom. The van der Waals surface area contributed by atoms with Gasteiger partial charge in [0, 0.05) is 25.8 Å². The van der Waals surface area contributed by atoms with Gasteiger partial charge in [0.15, 0.2) is 0 Å². The first-order valence-corrected chi connectivity index (χ1v) is 5.19. The molecule has 0 heterocycles. The Balaban J connectivity index is 0. The molecule has 0 amide bonds. The van der Waals surface area contributed by atoms with E-state index in [0.717, 1.165) is 0 Å². The van der Waals surface area contributed by atoms with Gasteiger partial charge in [0.1, 0.15) is 0 Å². The second-order valence-electron chi connectivity index (χ2n) is 4.49. The van der Waals surface area contributed by atoms with Gasteiger partial charge < -0.3 is 6.92 Å². The maximum absolute atomic E-state index is 3.77. The summed E-state index contributed by atoms with van der Waals surface area (Å²) < 4.78 is 0. The number of hydrogen-bond acceptors (Lipinski definition) is 0. The van der Waals surface area contributed by atoms with Crippen molar-refractivity contribution in [3.8, 4) is 0 Å². The Morgan fingerprint density at radius 1 is 0.562 bits per heavy atom. The molecule has 2 aliphatic carbocycles. The minimum absolute atomic E-state index is 0. The SMILES string of the molecule is [CH2-]C(C)(C)C.[CH]1[CH][CH][CH][CH]1.[CH]1[CH][CH][CH][CH]1.[Sc]. The van der Waals surface area contributed by atoms with Crippen LogP contribution in [0.5, 0.6) is 0 Å². The van der Waals surface area contributed by atoms with Crippen LogP contribution in [0.4, 0.5) is 0 Å². The van der Waals surface area contributed by atoms with Gasteiger partial charge in [-0.25, -0.2) is 0 Å². The third-order valence-corrected chi connectivity index (χ3v) is 1.11. The molecule has 1 heteroatoms. The zero-order valence-corrected chi connectivity index (χ0v) is 12.4. The third-order valence-electron chi connectivity index (χ3n) is 1.11. The van der Waals surface area contributed by atoms with Gasteiger partial charge >= 0.3 is 0 Å². The van der Waals surface area contributed by atoms with Gasteiger partial charge in [-0.05, 0) is 64.2 Å². The summed E-state index contributed by atoms with van der Waals surface area (Å²) >= 11 is 0. The normalized spacial score (nSPS) is 18.8. The molecule has 0 aromatic rings. The molecule has 85 valence electrons. The minimum Gasteiger partial charge on any atom is -0.338 e. The van der Waals surface area contributed by atoms with Crippen LogP contribution in [-0.4, -0.2) is 0 Å². The van der Waals surface area contributed by atoms with Crippen LogP contribution in [0.15, 0.2) is 0 Å². The van der Waals surface area contributed by atoms with E-state index in [-0.39, 0.29) is 31.3 Å². The fourth-order valence-electron chi connectivity index (χ4n) is 0.642. The molecule has 0 aromatic heterocycles. The van der Waals surface area contributed by atoms with Crippen molar-refractivity contribution in [1.82, 2.24) is 0 Å². The molecule has 2 aliphatic rings. The zero-order valence-electron chi connectivity index (χ0n) is 10.6. The second kappa shape index (κ2) is 12.3. The predicted molar refractivity (Wildman–Crippen MR) is 67.8 cm³/mol. The topological polar surface area (TPSA) is 0 Å². The van der Waals surface area contributed by atoms with Gasteiger partial charge in [-0.2, -0.15) is 5.41 Å². The van der Waals surface area contributed by atoms with Crippen LogP contribution in [0.1, 0.15) is 20.8 Å². The van der Waals surface area contributed by atoms with Crippen molar-refractivity contribution in [2.75, 3.05) is 0 Å².